The van der Waals surface area contributed by atoms with E-state index in [0.29, 0.717) is 0 Å². The van der Waals surface area contributed by atoms with Crippen molar-refractivity contribution in [1.29, 1.82) is 0 Å². The number of fused-ring (bicyclic) bond motifs is 2. The van der Waals surface area contributed by atoms with E-state index in [-0.39, 0.29) is 23.0 Å². The fourth-order valence-corrected chi connectivity index (χ4v) is 5.66. The van der Waals surface area contributed by atoms with Gasteiger partial charge in [0.25, 0.3) is 0 Å². The molecule has 1 saturated heterocycles. The van der Waals surface area contributed by atoms with Crippen molar-refractivity contribution < 1.29 is 9.84 Å². The molecule has 4 rings (SSSR count). The lowest BCUT2D eigenvalue weighted by atomic mass is 9.72. The molecule has 2 aliphatic carbocycles. The molecule has 3 aliphatic rings. The topological polar surface area (TPSA) is 53.5 Å². The SMILES string of the molecule is COCC1(CN[C@H]2c3ccccc3C3(CCNCC3)[C@@H]2O)CCCC1. The van der Waals surface area contributed by atoms with Gasteiger partial charge in [0.1, 0.15) is 0 Å². The number of hydrogen-bond donors (Lipinski definition) is 3. The third kappa shape index (κ3) is 2.93. The smallest absolute Gasteiger partial charge is 0.0832 e. The molecule has 138 valence electrons. The Morgan fingerprint density at radius 2 is 1.88 bits per heavy atom. The third-order valence-corrected chi connectivity index (χ3v) is 7.02. The van der Waals surface area contributed by atoms with Crippen LogP contribution in [0.5, 0.6) is 0 Å². The zero-order valence-corrected chi connectivity index (χ0v) is 15.4. The summed E-state index contributed by atoms with van der Waals surface area (Å²) in [5.41, 5.74) is 2.84. The second kappa shape index (κ2) is 6.99. The minimum Gasteiger partial charge on any atom is -0.390 e. The lowest BCUT2D eigenvalue weighted by molar-refractivity contribution is 0.0326. The molecule has 0 aromatic heterocycles. The summed E-state index contributed by atoms with van der Waals surface area (Å²) in [4.78, 5) is 0. The lowest BCUT2D eigenvalue weighted by Gasteiger charge is -2.39. The van der Waals surface area contributed by atoms with Gasteiger partial charge < -0.3 is 20.5 Å². The second-order valence-electron chi connectivity index (χ2n) is 8.44. The van der Waals surface area contributed by atoms with Crippen LogP contribution in [0.4, 0.5) is 0 Å². The summed E-state index contributed by atoms with van der Waals surface area (Å²) in [5.74, 6) is 0. The maximum absolute atomic E-state index is 11.4. The molecule has 1 aromatic rings. The molecule has 1 heterocycles. The van der Waals surface area contributed by atoms with Crippen molar-refractivity contribution in [3.05, 3.63) is 35.4 Å². The lowest BCUT2D eigenvalue weighted by Crippen LogP contribution is -2.49. The zero-order chi connectivity index (χ0) is 17.3. The molecule has 2 atom stereocenters. The van der Waals surface area contributed by atoms with Crippen molar-refractivity contribution in [3.63, 3.8) is 0 Å². The van der Waals surface area contributed by atoms with Crippen LogP contribution in [0.25, 0.3) is 0 Å². The van der Waals surface area contributed by atoms with Crippen LogP contribution in [0, 0.1) is 5.41 Å². The monoisotopic (exact) mass is 344 g/mol. The first-order valence-electron chi connectivity index (χ1n) is 9.91. The number of hydrogen-bond acceptors (Lipinski definition) is 4. The van der Waals surface area contributed by atoms with Gasteiger partial charge in [0.2, 0.25) is 0 Å². The minimum absolute atomic E-state index is 0.0450. The molecule has 3 N–H and O–H groups in total. The van der Waals surface area contributed by atoms with Crippen LogP contribution in [-0.2, 0) is 10.2 Å². The number of nitrogens with one attached hydrogen (secondary N) is 2. The summed E-state index contributed by atoms with van der Waals surface area (Å²) in [6, 6.07) is 8.74. The maximum Gasteiger partial charge on any atom is 0.0832 e. The average Bonchev–Trinajstić information content (AvgIpc) is 3.19. The Hall–Kier alpha value is -0.940. The summed E-state index contributed by atoms with van der Waals surface area (Å²) in [6.45, 7) is 3.74. The Bertz CT molecular complexity index is 591. The van der Waals surface area contributed by atoms with Crippen LogP contribution >= 0.6 is 0 Å². The summed E-state index contributed by atoms with van der Waals surface area (Å²) in [6.07, 6.45) is 6.75. The van der Waals surface area contributed by atoms with Gasteiger partial charge in [-0.2, -0.15) is 0 Å². The fraction of sp³-hybridized carbons (Fsp3) is 0.714. The second-order valence-corrected chi connectivity index (χ2v) is 8.44. The number of benzene rings is 1. The van der Waals surface area contributed by atoms with Gasteiger partial charge in [0.15, 0.2) is 0 Å². The Labute approximate surface area is 151 Å². The first kappa shape index (κ1) is 17.5. The van der Waals surface area contributed by atoms with Crippen molar-refractivity contribution in [2.75, 3.05) is 33.4 Å². The molecule has 0 amide bonds. The summed E-state index contributed by atoms with van der Waals surface area (Å²) in [5, 5.41) is 18.6. The Morgan fingerprint density at radius 3 is 2.60 bits per heavy atom. The average molecular weight is 344 g/mol. The molecule has 2 fully saturated rings. The van der Waals surface area contributed by atoms with E-state index in [0.717, 1.165) is 39.1 Å². The van der Waals surface area contributed by atoms with Crippen molar-refractivity contribution in [3.8, 4) is 0 Å². The molecule has 0 radical (unpaired) electrons. The molecular formula is C21H32N2O2. The number of aliphatic hydroxyl groups is 1. The van der Waals surface area contributed by atoms with Crippen molar-refractivity contribution in [2.24, 2.45) is 5.41 Å². The molecule has 1 spiro atoms. The predicted molar refractivity (Wildman–Crippen MR) is 99.8 cm³/mol. The Balaban J connectivity index is 1.57. The van der Waals surface area contributed by atoms with Crippen LogP contribution in [0.15, 0.2) is 24.3 Å². The first-order chi connectivity index (χ1) is 12.2. The standard InChI is InChI=1S/C21H32N2O2/c1-25-15-20(8-4-5-9-20)14-23-18-16-6-2-3-7-17(16)21(19(18)24)10-12-22-13-11-21/h2-3,6-7,18-19,22-24H,4-5,8-15H2,1H3/t18-,19+/m0/s1. The highest BCUT2D eigenvalue weighted by Gasteiger charge is 2.52. The van der Waals surface area contributed by atoms with Crippen molar-refractivity contribution in [2.45, 2.75) is 56.1 Å². The molecule has 0 bridgehead atoms. The predicted octanol–water partition coefficient (Wildman–Crippen LogP) is 2.52. The maximum atomic E-state index is 11.4. The molecule has 25 heavy (non-hydrogen) atoms. The van der Waals surface area contributed by atoms with E-state index < -0.39 is 0 Å². The minimum atomic E-state index is -0.340. The number of piperidine rings is 1. The van der Waals surface area contributed by atoms with Gasteiger partial charge in [-0.3, -0.25) is 0 Å². The third-order valence-electron chi connectivity index (χ3n) is 7.02. The van der Waals surface area contributed by atoms with E-state index in [4.69, 9.17) is 4.74 Å². The summed E-state index contributed by atoms with van der Waals surface area (Å²) < 4.78 is 5.54. The van der Waals surface area contributed by atoms with E-state index >= 15 is 0 Å². The van der Waals surface area contributed by atoms with E-state index in [1.807, 2.05) is 7.11 Å². The van der Waals surface area contributed by atoms with E-state index in [1.165, 1.54) is 36.8 Å². The molecule has 1 aliphatic heterocycles. The zero-order valence-electron chi connectivity index (χ0n) is 15.4. The fourth-order valence-electron chi connectivity index (χ4n) is 5.66. The van der Waals surface area contributed by atoms with E-state index in [1.54, 1.807) is 0 Å². The highest BCUT2D eigenvalue weighted by molar-refractivity contribution is 5.45. The van der Waals surface area contributed by atoms with Gasteiger partial charge in [0.05, 0.1) is 18.8 Å². The molecule has 1 aromatic carbocycles. The summed E-state index contributed by atoms with van der Waals surface area (Å²) in [7, 11) is 1.81. The number of ether oxygens (including phenoxy) is 1. The Kier molecular flexibility index (Phi) is 4.89. The number of methoxy groups -OCH3 is 1. The number of rotatable bonds is 5. The molecule has 1 saturated carbocycles. The van der Waals surface area contributed by atoms with Crippen molar-refractivity contribution in [1.82, 2.24) is 10.6 Å². The quantitative estimate of drug-likeness (QED) is 0.768. The van der Waals surface area contributed by atoms with Gasteiger partial charge in [-0.05, 0) is 49.9 Å². The summed E-state index contributed by atoms with van der Waals surface area (Å²) >= 11 is 0. The van der Waals surface area contributed by atoms with Gasteiger partial charge in [-0.25, -0.2) is 0 Å². The van der Waals surface area contributed by atoms with E-state index in [2.05, 4.69) is 34.9 Å². The normalized spacial score (nSPS) is 29.8. The van der Waals surface area contributed by atoms with Crippen molar-refractivity contribution >= 4 is 0 Å². The van der Waals surface area contributed by atoms with Crippen LogP contribution in [-0.4, -0.2) is 44.6 Å². The van der Waals surface area contributed by atoms with Crippen LogP contribution in [0.3, 0.4) is 0 Å². The highest BCUT2D eigenvalue weighted by Crippen LogP contribution is 2.50. The van der Waals surface area contributed by atoms with E-state index in [9.17, 15) is 5.11 Å². The van der Waals surface area contributed by atoms with Gasteiger partial charge in [0, 0.05) is 24.5 Å². The van der Waals surface area contributed by atoms with Crippen LogP contribution < -0.4 is 10.6 Å². The molecular weight excluding hydrogens is 312 g/mol. The molecule has 4 nitrogen and oxygen atoms in total. The number of aliphatic hydroxyl groups excluding tert-OH is 1. The van der Waals surface area contributed by atoms with Gasteiger partial charge in [-0.15, -0.1) is 0 Å². The van der Waals surface area contributed by atoms with Crippen LogP contribution in [0.2, 0.25) is 0 Å². The van der Waals surface area contributed by atoms with Gasteiger partial charge >= 0.3 is 0 Å². The highest BCUT2D eigenvalue weighted by atomic mass is 16.5. The van der Waals surface area contributed by atoms with Crippen LogP contribution in [0.1, 0.15) is 55.7 Å². The van der Waals surface area contributed by atoms with Gasteiger partial charge in [-0.1, -0.05) is 37.1 Å². The first-order valence-corrected chi connectivity index (χ1v) is 9.91. The molecule has 4 heteroatoms. The molecule has 0 unspecified atom stereocenters. The Morgan fingerprint density at radius 1 is 1.16 bits per heavy atom. The largest absolute Gasteiger partial charge is 0.390 e.